The smallest absolute Gasteiger partial charge is 0.331 e. The van der Waals surface area contributed by atoms with Crippen LogP contribution < -0.4 is 0 Å². The van der Waals surface area contributed by atoms with Crippen molar-refractivity contribution in [3.05, 3.63) is 92.7 Å². The molecule has 0 fully saturated rings. The molecule has 144 valence electrons. The number of nitrogens with zero attached hydrogens (tertiary/aromatic N) is 2. The van der Waals surface area contributed by atoms with E-state index in [0.29, 0.717) is 16.6 Å². The first-order valence-corrected chi connectivity index (χ1v) is 9.56. The van der Waals surface area contributed by atoms with E-state index < -0.39 is 5.97 Å². The molecule has 1 heterocycles. The lowest BCUT2D eigenvalue weighted by Gasteiger charge is -2.06. The molecule has 1 aromatic heterocycles. The molecule has 0 radical (unpaired) electrons. The number of aryl methyl sites for hydroxylation is 1. The minimum absolute atomic E-state index is 0.174. The van der Waals surface area contributed by atoms with Crippen LogP contribution in [0.3, 0.4) is 0 Å². The van der Waals surface area contributed by atoms with Gasteiger partial charge in [-0.2, -0.15) is 5.10 Å². The Labute approximate surface area is 174 Å². The average Bonchev–Trinajstić information content (AvgIpc) is 2.93. The molecule has 0 bridgehead atoms. The average molecular weight is 415 g/mol. The fourth-order valence-electron chi connectivity index (χ4n) is 2.87. The van der Waals surface area contributed by atoms with Gasteiger partial charge in [0.1, 0.15) is 6.61 Å². The fraction of sp³-hybridized carbons (Fsp3) is 0.182. The van der Waals surface area contributed by atoms with Crippen LogP contribution in [0.4, 0.5) is 0 Å². The Morgan fingerprint density at radius 1 is 1.14 bits per heavy atom. The highest BCUT2D eigenvalue weighted by Crippen LogP contribution is 2.20. The maximum absolute atomic E-state index is 12.1. The Morgan fingerprint density at radius 2 is 1.93 bits per heavy atom. The number of halogens is 2. The molecule has 0 atom stereocenters. The summed E-state index contributed by atoms with van der Waals surface area (Å²) in [6, 6.07) is 14.9. The lowest BCUT2D eigenvalue weighted by Crippen LogP contribution is -2.04. The van der Waals surface area contributed by atoms with Crippen LogP contribution in [0.2, 0.25) is 10.0 Å². The number of hydrogen-bond acceptors (Lipinski definition) is 3. The zero-order chi connectivity index (χ0) is 20.1. The number of carbonyl (C=O) groups is 1. The summed E-state index contributed by atoms with van der Waals surface area (Å²) in [6.07, 6.45) is 3.16. The molecule has 3 aromatic rings. The Bertz CT molecular complexity index is 1030. The van der Waals surface area contributed by atoms with Gasteiger partial charge in [-0.1, -0.05) is 53.5 Å². The van der Waals surface area contributed by atoms with Crippen molar-refractivity contribution in [1.82, 2.24) is 9.78 Å². The van der Waals surface area contributed by atoms with Gasteiger partial charge >= 0.3 is 5.97 Å². The van der Waals surface area contributed by atoms with Crippen molar-refractivity contribution >= 4 is 35.2 Å². The van der Waals surface area contributed by atoms with Crippen molar-refractivity contribution in [2.24, 2.45) is 0 Å². The summed E-state index contributed by atoms with van der Waals surface area (Å²) in [4.78, 5) is 12.1. The van der Waals surface area contributed by atoms with E-state index in [0.717, 1.165) is 28.1 Å². The van der Waals surface area contributed by atoms with Crippen molar-refractivity contribution < 1.29 is 9.53 Å². The van der Waals surface area contributed by atoms with E-state index in [2.05, 4.69) is 5.10 Å². The van der Waals surface area contributed by atoms with Gasteiger partial charge in [-0.25, -0.2) is 4.79 Å². The highest BCUT2D eigenvalue weighted by Gasteiger charge is 2.11. The number of ether oxygens (including phenoxy) is 1. The molecule has 0 aliphatic heterocycles. The Hall–Kier alpha value is -2.56. The van der Waals surface area contributed by atoms with Gasteiger partial charge in [-0.15, -0.1) is 0 Å². The first-order chi connectivity index (χ1) is 13.4. The molecule has 0 spiro atoms. The van der Waals surface area contributed by atoms with Crippen LogP contribution in [0.15, 0.2) is 54.6 Å². The molecular formula is C22H20Cl2N2O2. The van der Waals surface area contributed by atoms with E-state index in [1.165, 1.54) is 6.08 Å². The van der Waals surface area contributed by atoms with Gasteiger partial charge in [-0.3, -0.25) is 4.68 Å². The molecule has 0 aliphatic rings. The minimum atomic E-state index is -0.419. The Kier molecular flexibility index (Phi) is 6.55. The SMILES string of the molecule is Cc1nn(Cc2ccccc2Cl)c(C)c1/C=C/C(=O)OCc1cccc(Cl)c1. The van der Waals surface area contributed by atoms with E-state index in [-0.39, 0.29) is 6.61 Å². The monoisotopic (exact) mass is 414 g/mol. The summed E-state index contributed by atoms with van der Waals surface area (Å²) < 4.78 is 7.16. The summed E-state index contributed by atoms with van der Waals surface area (Å²) in [5.41, 5.74) is 4.52. The summed E-state index contributed by atoms with van der Waals surface area (Å²) >= 11 is 12.2. The lowest BCUT2D eigenvalue weighted by molar-refractivity contribution is -0.138. The van der Waals surface area contributed by atoms with Crippen molar-refractivity contribution in [3.8, 4) is 0 Å². The van der Waals surface area contributed by atoms with E-state index in [4.69, 9.17) is 27.9 Å². The van der Waals surface area contributed by atoms with Crippen LogP contribution in [-0.2, 0) is 22.7 Å². The van der Waals surface area contributed by atoms with Crippen LogP contribution in [0.1, 0.15) is 28.1 Å². The van der Waals surface area contributed by atoms with E-state index >= 15 is 0 Å². The molecular weight excluding hydrogens is 395 g/mol. The maximum Gasteiger partial charge on any atom is 0.331 e. The summed E-state index contributed by atoms with van der Waals surface area (Å²) in [5, 5.41) is 5.89. The molecule has 0 N–H and O–H groups in total. The molecule has 3 rings (SSSR count). The molecule has 28 heavy (non-hydrogen) atoms. The minimum Gasteiger partial charge on any atom is -0.458 e. The predicted octanol–water partition coefficient (Wildman–Crippen LogP) is 5.61. The van der Waals surface area contributed by atoms with Crippen molar-refractivity contribution in [2.45, 2.75) is 27.0 Å². The topological polar surface area (TPSA) is 44.1 Å². The van der Waals surface area contributed by atoms with Gasteiger partial charge in [0.25, 0.3) is 0 Å². The van der Waals surface area contributed by atoms with E-state index in [9.17, 15) is 4.79 Å². The molecule has 2 aromatic carbocycles. The second-order valence-electron chi connectivity index (χ2n) is 6.40. The highest BCUT2D eigenvalue weighted by molar-refractivity contribution is 6.31. The standard InChI is InChI=1S/C22H20Cl2N2O2/c1-15-20(10-11-22(27)28-14-17-6-5-8-19(23)12-17)16(2)26(25-15)13-18-7-3-4-9-21(18)24/h3-12H,13-14H2,1-2H3/b11-10+. The molecule has 0 amide bonds. The van der Waals surface area contributed by atoms with Crippen LogP contribution in [0.5, 0.6) is 0 Å². The summed E-state index contributed by atoms with van der Waals surface area (Å²) in [7, 11) is 0. The van der Waals surface area contributed by atoms with Gasteiger partial charge in [-0.05, 0) is 49.2 Å². The number of benzene rings is 2. The molecule has 4 nitrogen and oxygen atoms in total. The van der Waals surface area contributed by atoms with Crippen LogP contribution in [0, 0.1) is 13.8 Å². The van der Waals surface area contributed by atoms with Crippen LogP contribution in [-0.4, -0.2) is 15.7 Å². The Balaban J connectivity index is 1.67. The summed E-state index contributed by atoms with van der Waals surface area (Å²) in [5.74, 6) is -0.419. The molecule has 0 saturated carbocycles. The molecule has 0 saturated heterocycles. The first-order valence-electron chi connectivity index (χ1n) is 8.80. The van der Waals surface area contributed by atoms with Crippen molar-refractivity contribution in [1.29, 1.82) is 0 Å². The zero-order valence-corrected chi connectivity index (χ0v) is 17.2. The van der Waals surface area contributed by atoms with E-state index in [1.54, 1.807) is 18.2 Å². The third-order valence-corrected chi connectivity index (χ3v) is 4.98. The molecule has 0 aliphatic carbocycles. The normalized spacial score (nSPS) is 11.1. The van der Waals surface area contributed by atoms with Crippen LogP contribution in [0.25, 0.3) is 6.08 Å². The maximum atomic E-state index is 12.1. The summed E-state index contributed by atoms with van der Waals surface area (Å²) in [6.45, 7) is 4.62. The van der Waals surface area contributed by atoms with Crippen molar-refractivity contribution in [2.75, 3.05) is 0 Å². The van der Waals surface area contributed by atoms with Gasteiger partial charge in [0.05, 0.1) is 12.2 Å². The Morgan fingerprint density at radius 3 is 2.68 bits per heavy atom. The van der Waals surface area contributed by atoms with Gasteiger partial charge < -0.3 is 4.74 Å². The molecule has 0 unspecified atom stereocenters. The third-order valence-electron chi connectivity index (χ3n) is 4.37. The van der Waals surface area contributed by atoms with Gasteiger partial charge in [0.15, 0.2) is 0 Å². The second kappa shape index (κ2) is 9.09. The number of esters is 1. The van der Waals surface area contributed by atoms with E-state index in [1.807, 2.05) is 54.9 Å². The number of hydrogen-bond donors (Lipinski definition) is 0. The van der Waals surface area contributed by atoms with Crippen LogP contribution >= 0.6 is 23.2 Å². The predicted molar refractivity (Wildman–Crippen MR) is 113 cm³/mol. The third kappa shape index (κ3) is 5.03. The lowest BCUT2D eigenvalue weighted by atomic mass is 10.1. The number of rotatable bonds is 6. The van der Waals surface area contributed by atoms with Gasteiger partial charge in [0.2, 0.25) is 0 Å². The quantitative estimate of drug-likeness (QED) is 0.388. The van der Waals surface area contributed by atoms with Crippen molar-refractivity contribution in [3.63, 3.8) is 0 Å². The highest BCUT2D eigenvalue weighted by atomic mass is 35.5. The second-order valence-corrected chi connectivity index (χ2v) is 7.25. The fourth-order valence-corrected chi connectivity index (χ4v) is 3.28. The first kappa shape index (κ1) is 20.2. The van der Waals surface area contributed by atoms with Gasteiger partial charge in [0, 0.05) is 27.4 Å². The molecule has 6 heteroatoms. The zero-order valence-electron chi connectivity index (χ0n) is 15.7. The number of aromatic nitrogens is 2. The number of carbonyl (C=O) groups excluding carboxylic acids is 1. The largest absolute Gasteiger partial charge is 0.458 e.